The minimum absolute atomic E-state index is 0.0587. The first kappa shape index (κ1) is 24.2. The molecule has 3 aliphatic rings. The number of ether oxygens (including phenoxy) is 2. The Bertz CT molecular complexity index is 1350. The van der Waals surface area contributed by atoms with Gasteiger partial charge in [-0.15, -0.1) is 0 Å². The van der Waals surface area contributed by atoms with Crippen molar-refractivity contribution in [2.75, 3.05) is 38.3 Å². The van der Waals surface area contributed by atoms with Gasteiger partial charge >= 0.3 is 0 Å². The zero-order valence-corrected chi connectivity index (χ0v) is 22.0. The molecule has 1 saturated heterocycles. The van der Waals surface area contributed by atoms with E-state index in [-0.39, 0.29) is 24.6 Å². The number of thiazole rings is 1. The third kappa shape index (κ3) is 4.56. The Morgan fingerprint density at radius 3 is 2.57 bits per heavy atom. The summed E-state index contributed by atoms with van der Waals surface area (Å²) in [5.74, 6) is 1.42. The smallest absolute Gasteiger partial charge is 0.236 e. The summed E-state index contributed by atoms with van der Waals surface area (Å²) in [5, 5.41) is 4.31. The van der Waals surface area contributed by atoms with Crippen LogP contribution in [-0.4, -0.2) is 59.6 Å². The average Bonchev–Trinajstić information content (AvgIpc) is 3.37. The third-order valence-corrected chi connectivity index (χ3v) is 8.76. The van der Waals surface area contributed by atoms with Crippen LogP contribution in [-0.2, 0) is 15.0 Å². The molecule has 2 aliphatic heterocycles. The number of hydrogen-bond donors (Lipinski definition) is 1. The van der Waals surface area contributed by atoms with E-state index in [0.29, 0.717) is 34.7 Å². The van der Waals surface area contributed by atoms with Crippen LogP contribution >= 0.6 is 22.9 Å². The Kier molecular flexibility index (Phi) is 6.30. The molecule has 2 amide bonds. The van der Waals surface area contributed by atoms with Gasteiger partial charge in [0, 0.05) is 49.2 Å². The monoisotopic (exact) mass is 538 g/mol. The summed E-state index contributed by atoms with van der Waals surface area (Å²) in [7, 11) is 0. The molecule has 3 heterocycles. The van der Waals surface area contributed by atoms with Gasteiger partial charge in [0.05, 0.1) is 11.5 Å². The van der Waals surface area contributed by atoms with Crippen molar-refractivity contribution in [2.45, 2.75) is 31.2 Å². The van der Waals surface area contributed by atoms with Crippen LogP contribution in [0.2, 0.25) is 5.02 Å². The minimum Gasteiger partial charge on any atom is -0.454 e. The molecule has 1 aliphatic carbocycles. The molecule has 1 unspecified atom stereocenters. The van der Waals surface area contributed by atoms with Crippen LogP contribution < -0.4 is 14.8 Å². The quantitative estimate of drug-likeness (QED) is 0.499. The van der Waals surface area contributed by atoms with Crippen molar-refractivity contribution in [1.29, 1.82) is 0 Å². The molecule has 1 N–H and O–H groups in total. The van der Waals surface area contributed by atoms with Gasteiger partial charge in [0.15, 0.2) is 16.6 Å². The van der Waals surface area contributed by atoms with Crippen molar-refractivity contribution in [3.05, 3.63) is 69.7 Å². The van der Waals surface area contributed by atoms with Gasteiger partial charge in [-0.2, -0.15) is 0 Å². The highest BCUT2D eigenvalue weighted by atomic mass is 35.5. The minimum atomic E-state index is -0.571. The van der Waals surface area contributed by atoms with E-state index in [4.69, 9.17) is 21.1 Å². The van der Waals surface area contributed by atoms with Crippen molar-refractivity contribution in [2.24, 2.45) is 0 Å². The summed E-state index contributed by atoms with van der Waals surface area (Å²) in [4.78, 5) is 35.0. The molecule has 2 aromatic carbocycles. The standard InChI is InChI=1S/C27H27ClN4O4S/c1-17(33)31-10-12-32(13-11-31)24(19-4-2-3-5-20(19)28)23-15-29-26(37-23)30-25(34)27(8-9-27)18-6-7-21-22(14-18)36-16-35-21/h2-7,14-15,24H,8-13,16H2,1H3,(H,29,30,34). The van der Waals surface area contributed by atoms with Gasteiger partial charge in [-0.3, -0.25) is 14.5 Å². The molecular weight excluding hydrogens is 512 g/mol. The number of piperazine rings is 1. The fourth-order valence-corrected chi connectivity index (χ4v) is 6.38. The number of nitrogens with zero attached hydrogens (tertiary/aromatic N) is 3. The van der Waals surface area contributed by atoms with Gasteiger partial charge in [0.2, 0.25) is 18.6 Å². The Labute approximate surface area is 224 Å². The van der Waals surface area contributed by atoms with E-state index in [0.717, 1.165) is 41.9 Å². The molecule has 37 heavy (non-hydrogen) atoms. The third-order valence-electron chi connectivity index (χ3n) is 7.45. The second-order valence-electron chi connectivity index (χ2n) is 9.64. The SMILES string of the molecule is CC(=O)N1CCN(C(c2cnc(NC(=O)C3(c4ccc5c(c4)OCO5)CC3)s2)c2ccccc2Cl)CC1. The second kappa shape index (κ2) is 9.63. The summed E-state index contributed by atoms with van der Waals surface area (Å²) in [5.41, 5.74) is 1.35. The van der Waals surface area contributed by atoms with Crippen LogP contribution in [0, 0.1) is 0 Å². The first-order valence-electron chi connectivity index (χ1n) is 12.4. The average molecular weight is 539 g/mol. The van der Waals surface area contributed by atoms with Gasteiger partial charge in [-0.05, 0) is 42.2 Å². The normalized spacial score (nSPS) is 18.9. The second-order valence-corrected chi connectivity index (χ2v) is 11.1. The predicted molar refractivity (Wildman–Crippen MR) is 141 cm³/mol. The van der Waals surface area contributed by atoms with Crippen molar-refractivity contribution >= 4 is 39.9 Å². The van der Waals surface area contributed by atoms with Crippen molar-refractivity contribution in [3.63, 3.8) is 0 Å². The maximum Gasteiger partial charge on any atom is 0.236 e. The highest BCUT2D eigenvalue weighted by Crippen LogP contribution is 2.51. The van der Waals surface area contributed by atoms with Crippen LogP contribution in [0.4, 0.5) is 5.13 Å². The molecular formula is C27H27ClN4O4S. The van der Waals surface area contributed by atoms with E-state index in [9.17, 15) is 9.59 Å². The number of halogens is 1. The Hall–Kier alpha value is -3.14. The van der Waals surface area contributed by atoms with E-state index < -0.39 is 5.41 Å². The number of fused-ring (bicyclic) bond motifs is 1. The van der Waals surface area contributed by atoms with Crippen LogP contribution in [0.15, 0.2) is 48.7 Å². The molecule has 10 heteroatoms. The molecule has 2 fully saturated rings. The number of benzene rings is 2. The lowest BCUT2D eigenvalue weighted by Crippen LogP contribution is -2.49. The number of aromatic nitrogens is 1. The van der Waals surface area contributed by atoms with Gasteiger partial charge in [-0.25, -0.2) is 4.98 Å². The molecule has 192 valence electrons. The van der Waals surface area contributed by atoms with Gasteiger partial charge in [-0.1, -0.05) is 47.2 Å². The fourth-order valence-electron chi connectivity index (χ4n) is 5.18. The lowest BCUT2D eigenvalue weighted by molar-refractivity contribution is -0.130. The predicted octanol–water partition coefficient (Wildman–Crippen LogP) is 4.45. The van der Waals surface area contributed by atoms with E-state index in [1.54, 1.807) is 6.92 Å². The lowest BCUT2D eigenvalue weighted by atomic mass is 9.94. The van der Waals surface area contributed by atoms with E-state index >= 15 is 0 Å². The topological polar surface area (TPSA) is 84.0 Å². The Morgan fingerprint density at radius 2 is 1.84 bits per heavy atom. The fraction of sp³-hybridized carbons (Fsp3) is 0.370. The highest BCUT2D eigenvalue weighted by Gasteiger charge is 2.52. The summed E-state index contributed by atoms with van der Waals surface area (Å²) >= 11 is 8.10. The van der Waals surface area contributed by atoms with Gasteiger partial charge < -0.3 is 19.7 Å². The molecule has 6 rings (SSSR count). The highest BCUT2D eigenvalue weighted by molar-refractivity contribution is 7.15. The largest absolute Gasteiger partial charge is 0.454 e. The molecule has 0 radical (unpaired) electrons. The summed E-state index contributed by atoms with van der Waals surface area (Å²) < 4.78 is 10.9. The van der Waals surface area contributed by atoms with Crippen molar-refractivity contribution in [1.82, 2.24) is 14.8 Å². The first-order valence-corrected chi connectivity index (χ1v) is 13.6. The molecule has 0 bridgehead atoms. The molecule has 0 spiro atoms. The van der Waals surface area contributed by atoms with Crippen LogP contribution in [0.25, 0.3) is 0 Å². The van der Waals surface area contributed by atoms with Gasteiger partial charge in [0.25, 0.3) is 0 Å². The van der Waals surface area contributed by atoms with Crippen LogP contribution in [0.5, 0.6) is 11.5 Å². The number of carbonyl (C=O) groups is 2. The maximum atomic E-state index is 13.4. The number of hydrogen-bond acceptors (Lipinski definition) is 7. The molecule has 3 aromatic rings. The Balaban J connectivity index is 1.23. The molecule has 8 nitrogen and oxygen atoms in total. The number of carbonyl (C=O) groups excluding carboxylic acids is 2. The van der Waals surface area contributed by atoms with E-state index in [2.05, 4.69) is 15.2 Å². The number of nitrogens with one attached hydrogen (secondary N) is 1. The molecule has 1 atom stereocenters. The number of anilines is 1. The molecule has 1 aromatic heterocycles. The Morgan fingerprint density at radius 1 is 1.08 bits per heavy atom. The number of amides is 2. The zero-order chi connectivity index (χ0) is 25.6. The molecule has 1 saturated carbocycles. The van der Waals surface area contributed by atoms with Crippen LogP contribution in [0.3, 0.4) is 0 Å². The van der Waals surface area contributed by atoms with E-state index in [1.165, 1.54) is 11.3 Å². The van der Waals surface area contributed by atoms with Crippen LogP contribution in [0.1, 0.15) is 41.8 Å². The maximum absolute atomic E-state index is 13.4. The summed E-state index contributed by atoms with van der Waals surface area (Å²) in [6.07, 6.45) is 3.38. The zero-order valence-electron chi connectivity index (χ0n) is 20.4. The summed E-state index contributed by atoms with van der Waals surface area (Å²) in [6.45, 7) is 4.59. The van der Waals surface area contributed by atoms with Gasteiger partial charge in [0.1, 0.15) is 0 Å². The van der Waals surface area contributed by atoms with Crippen molar-refractivity contribution < 1.29 is 19.1 Å². The number of rotatable bonds is 6. The van der Waals surface area contributed by atoms with Crippen molar-refractivity contribution in [3.8, 4) is 11.5 Å². The first-order chi connectivity index (χ1) is 17.9. The summed E-state index contributed by atoms with van der Waals surface area (Å²) in [6, 6.07) is 13.4. The van der Waals surface area contributed by atoms with E-state index in [1.807, 2.05) is 53.6 Å². The lowest BCUT2D eigenvalue weighted by Gasteiger charge is -2.39.